The Hall–Kier alpha value is -1.65. The minimum absolute atomic E-state index is 0.111. The second-order valence-corrected chi connectivity index (χ2v) is 3.69. The highest BCUT2D eigenvalue weighted by atomic mass is 16.5. The quantitative estimate of drug-likeness (QED) is 0.794. The molecule has 0 unspecified atom stereocenters. The van der Waals surface area contributed by atoms with Gasteiger partial charge in [-0.3, -0.25) is 4.79 Å². The van der Waals surface area contributed by atoms with Gasteiger partial charge < -0.3 is 10.5 Å². The number of nitrogens with two attached hydrogens (primary N) is 1. The van der Waals surface area contributed by atoms with E-state index in [4.69, 9.17) is 10.5 Å². The molecule has 1 fully saturated rings. The van der Waals surface area contributed by atoms with E-state index in [0.717, 1.165) is 24.2 Å². The van der Waals surface area contributed by atoms with Crippen LogP contribution in [0.4, 0.5) is 0 Å². The number of nitrogens with zero attached hydrogens (tertiary/aromatic N) is 2. The summed E-state index contributed by atoms with van der Waals surface area (Å²) in [5.74, 6) is 0.105. The summed E-state index contributed by atoms with van der Waals surface area (Å²) in [4.78, 5) is 19.5. The molecule has 0 saturated heterocycles. The number of carbonyl (C=O) groups excluding carboxylic acids is 1. The van der Waals surface area contributed by atoms with E-state index < -0.39 is 5.91 Å². The minimum Gasteiger partial charge on any atom is -0.479 e. The van der Waals surface area contributed by atoms with Gasteiger partial charge in [0.1, 0.15) is 0 Å². The Labute approximate surface area is 87.7 Å². The standard InChI is InChI=1S/C10H13N3O2/c1-5-7(6-3-4-6)13-10(15-2)8(12-5)9(11)14/h6H,3-4H2,1-2H3,(H2,11,14). The van der Waals surface area contributed by atoms with Crippen LogP contribution in [0.3, 0.4) is 0 Å². The molecule has 0 aliphatic heterocycles. The van der Waals surface area contributed by atoms with Crippen LogP contribution in [0.25, 0.3) is 0 Å². The zero-order chi connectivity index (χ0) is 11.0. The van der Waals surface area contributed by atoms with Crippen molar-refractivity contribution in [3.63, 3.8) is 0 Å². The molecular weight excluding hydrogens is 194 g/mol. The van der Waals surface area contributed by atoms with E-state index in [1.165, 1.54) is 7.11 Å². The molecule has 80 valence electrons. The second-order valence-electron chi connectivity index (χ2n) is 3.69. The smallest absolute Gasteiger partial charge is 0.272 e. The van der Waals surface area contributed by atoms with Crippen molar-refractivity contribution >= 4 is 5.91 Å². The van der Waals surface area contributed by atoms with Crippen LogP contribution in [-0.2, 0) is 0 Å². The zero-order valence-corrected chi connectivity index (χ0v) is 8.78. The molecular formula is C10H13N3O2. The molecule has 0 spiro atoms. The van der Waals surface area contributed by atoms with Crippen molar-refractivity contribution < 1.29 is 9.53 Å². The van der Waals surface area contributed by atoms with Gasteiger partial charge in [0.25, 0.3) is 5.91 Å². The first-order valence-corrected chi connectivity index (χ1v) is 4.85. The van der Waals surface area contributed by atoms with Crippen molar-refractivity contribution in [2.45, 2.75) is 25.7 Å². The highest BCUT2D eigenvalue weighted by molar-refractivity contribution is 5.93. The first kappa shape index (κ1) is 9.89. The van der Waals surface area contributed by atoms with Crippen LogP contribution >= 0.6 is 0 Å². The van der Waals surface area contributed by atoms with E-state index in [2.05, 4.69) is 9.97 Å². The Morgan fingerprint density at radius 3 is 2.60 bits per heavy atom. The van der Waals surface area contributed by atoms with Crippen molar-refractivity contribution in [1.82, 2.24) is 9.97 Å². The molecule has 1 aliphatic rings. The lowest BCUT2D eigenvalue weighted by molar-refractivity contribution is 0.0991. The predicted octanol–water partition coefficient (Wildman–Crippen LogP) is 0.770. The number of rotatable bonds is 3. The average molecular weight is 207 g/mol. The van der Waals surface area contributed by atoms with E-state index in [0.29, 0.717) is 5.92 Å². The van der Waals surface area contributed by atoms with E-state index in [-0.39, 0.29) is 11.6 Å². The van der Waals surface area contributed by atoms with Crippen molar-refractivity contribution in [1.29, 1.82) is 0 Å². The molecule has 5 heteroatoms. The van der Waals surface area contributed by atoms with Crippen LogP contribution in [-0.4, -0.2) is 23.0 Å². The molecule has 1 heterocycles. The molecule has 2 rings (SSSR count). The van der Waals surface area contributed by atoms with Crippen molar-refractivity contribution in [2.24, 2.45) is 5.73 Å². The Morgan fingerprint density at radius 2 is 2.13 bits per heavy atom. The van der Waals surface area contributed by atoms with Crippen LogP contribution in [0.1, 0.15) is 40.6 Å². The molecule has 0 aromatic carbocycles. The third-order valence-corrected chi connectivity index (χ3v) is 2.47. The number of methoxy groups -OCH3 is 1. The van der Waals surface area contributed by atoms with Crippen LogP contribution in [0.2, 0.25) is 0 Å². The first-order chi connectivity index (χ1) is 7.13. The van der Waals surface area contributed by atoms with Crippen molar-refractivity contribution in [3.05, 3.63) is 17.1 Å². The summed E-state index contributed by atoms with van der Waals surface area (Å²) < 4.78 is 5.01. The summed E-state index contributed by atoms with van der Waals surface area (Å²) in [6.45, 7) is 1.84. The number of aromatic nitrogens is 2. The number of amides is 1. The lowest BCUT2D eigenvalue weighted by Gasteiger charge is -2.08. The minimum atomic E-state index is -0.607. The van der Waals surface area contributed by atoms with Gasteiger partial charge >= 0.3 is 0 Å². The summed E-state index contributed by atoms with van der Waals surface area (Å²) in [7, 11) is 1.46. The molecule has 1 aliphatic carbocycles. The zero-order valence-electron chi connectivity index (χ0n) is 8.78. The fraction of sp³-hybridized carbons (Fsp3) is 0.500. The highest BCUT2D eigenvalue weighted by Gasteiger charge is 2.29. The second kappa shape index (κ2) is 3.49. The fourth-order valence-electron chi connectivity index (χ4n) is 1.56. The average Bonchev–Trinajstić information content (AvgIpc) is 3.00. The van der Waals surface area contributed by atoms with Gasteiger partial charge in [0.05, 0.1) is 18.5 Å². The van der Waals surface area contributed by atoms with Gasteiger partial charge in [0.15, 0.2) is 5.69 Å². The summed E-state index contributed by atoms with van der Waals surface area (Å²) in [6.07, 6.45) is 2.27. The molecule has 0 atom stereocenters. The summed E-state index contributed by atoms with van der Waals surface area (Å²) in [6, 6.07) is 0. The SMILES string of the molecule is COc1nc(C2CC2)c(C)nc1C(N)=O. The van der Waals surface area contributed by atoms with Gasteiger partial charge in [-0.25, -0.2) is 9.97 Å². The molecule has 2 N–H and O–H groups in total. The fourth-order valence-corrected chi connectivity index (χ4v) is 1.56. The number of primary amides is 1. The molecule has 1 saturated carbocycles. The number of ether oxygens (including phenoxy) is 1. The van der Waals surface area contributed by atoms with E-state index in [9.17, 15) is 4.79 Å². The molecule has 15 heavy (non-hydrogen) atoms. The normalized spacial score (nSPS) is 15.1. The third-order valence-electron chi connectivity index (χ3n) is 2.47. The first-order valence-electron chi connectivity index (χ1n) is 4.85. The summed E-state index contributed by atoms with van der Waals surface area (Å²) in [5.41, 5.74) is 6.99. The maximum Gasteiger partial charge on any atom is 0.272 e. The lowest BCUT2D eigenvalue weighted by Crippen LogP contribution is -2.17. The Kier molecular flexibility index (Phi) is 2.30. The number of aryl methyl sites for hydroxylation is 1. The van der Waals surface area contributed by atoms with Gasteiger partial charge in [-0.1, -0.05) is 0 Å². The molecule has 0 bridgehead atoms. The van der Waals surface area contributed by atoms with Gasteiger partial charge in [0, 0.05) is 5.92 Å². The number of hydrogen-bond donors (Lipinski definition) is 1. The van der Waals surface area contributed by atoms with Crippen LogP contribution in [0.15, 0.2) is 0 Å². The maximum absolute atomic E-state index is 11.1. The molecule has 1 amide bonds. The Balaban J connectivity index is 2.49. The number of hydrogen-bond acceptors (Lipinski definition) is 4. The summed E-state index contributed by atoms with van der Waals surface area (Å²) in [5, 5.41) is 0. The van der Waals surface area contributed by atoms with Gasteiger partial charge in [-0.15, -0.1) is 0 Å². The number of carbonyl (C=O) groups is 1. The van der Waals surface area contributed by atoms with Crippen LogP contribution < -0.4 is 10.5 Å². The molecule has 0 radical (unpaired) electrons. The van der Waals surface area contributed by atoms with Crippen molar-refractivity contribution in [3.8, 4) is 5.88 Å². The molecule has 5 nitrogen and oxygen atoms in total. The van der Waals surface area contributed by atoms with E-state index in [1.807, 2.05) is 6.92 Å². The highest BCUT2D eigenvalue weighted by Crippen LogP contribution is 2.40. The summed E-state index contributed by atoms with van der Waals surface area (Å²) >= 11 is 0. The third kappa shape index (κ3) is 1.77. The van der Waals surface area contributed by atoms with Crippen LogP contribution in [0.5, 0.6) is 5.88 Å². The Bertz CT molecular complexity index is 413. The monoisotopic (exact) mass is 207 g/mol. The lowest BCUT2D eigenvalue weighted by atomic mass is 10.2. The largest absolute Gasteiger partial charge is 0.479 e. The van der Waals surface area contributed by atoms with Gasteiger partial charge in [-0.2, -0.15) is 0 Å². The van der Waals surface area contributed by atoms with Gasteiger partial charge in [0.2, 0.25) is 5.88 Å². The molecule has 1 aromatic rings. The van der Waals surface area contributed by atoms with Gasteiger partial charge in [-0.05, 0) is 19.8 Å². The molecule has 1 aromatic heterocycles. The van der Waals surface area contributed by atoms with E-state index >= 15 is 0 Å². The van der Waals surface area contributed by atoms with Crippen molar-refractivity contribution in [2.75, 3.05) is 7.11 Å². The van der Waals surface area contributed by atoms with E-state index in [1.54, 1.807) is 0 Å². The maximum atomic E-state index is 11.1. The van der Waals surface area contributed by atoms with Crippen LogP contribution in [0, 0.1) is 6.92 Å². The predicted molar refractivity (Wildman–Crippen MR) is 53.8 cm³/mol. The Morgan fingerprint density at radius 1 is 1.47 bits per heavy atom. The topological polar surface area (TPSA) is 78.1 Å².